The van der Waals surface area contributed by atoms with E-state index in [0.29, 0.717) is 11.8 Å². The third kappa shape index (κ3) is 2.91. The highest BCUT2D eigenvalue weighted by Crippen LogP contribution is 2.34. The molecule has 0 aromatic carbocycles. The predicted octanol–water partition coefficient (Wildman–Crippen LogP) is 3.21. The Hall–Kier alpha value is -0.900. The van der Waals surface area contributed by atoms with Crippen LogP contribution < -0.4 is 5.32 Å². The summed E-state index contributed by atoms with van der Waals surface area (Å²) >= 11 is 0. The summed E-state index contributed by atoms with van der Waals surface area (Å²) in [7, 11) is 0. The van der Waals surface area contributed by atoms with Crippen molar-refractivity contribution in [3.63, 3.8) is 0 Å². The van der Waals surface area contributed by atoms with Crippen molar-refractivity contribution < 1.29 is 4.52 Å². The van der Waals surface area contributed by atoms with E-state index in [0.717, 1.165) is 18.3 Å². The third-order valence-electron chi connectivity index (χ3n) is 3.98. The summed E-state index contributed by atoms with van der Waals surface area (Å²) in [4.78, 5) is 4.61. The summed E-state index contributed by atoms with van der Waals surface area (Å²) < 4.78 is 5.44. The van der Waals surface area contributed by atoms with E-state index in [1.54, 1.807) is 0 Å². The number of hydrogen-bond donors (Lipinski definition) is 1. The van der Waals surface area contributed by atoms with Gasteiger partial charge in [-0.2, -0.15) is 4.98 Å². The van der Waals surface area contributed by atoms with E-state index in [4.69, 9.17) is 4.52 Å². The summed E-state index contributed by atoms with van der Waals surface area (Å²) in [6.45, 7) is 9.47. The average Bonchev–Trinajstić information content (AvgIpc) is 2.80. The lowest BCUT2D eigenvalue weighted by atomic mass is 9.83. The Balaban J connectivity index is 2.06. The molecule has 0 bridgehead atoms. The largest absolute Gasteiger partial charge is 0.337 e. The van der Waals surface area contributed by atoms with E-state index in [1.165, 1.54) is 25.7 Å². The zero-order chi connectivity index (χ0) is 13.2. The van der Waals surface area contributed by atoms with Gasteiger partial charge in [0, 0.05) is 5.92 Å². The van der Waals surface area contributed by atoms with Crippen molar-refractivity contribution in [2.24, 2.45) is 5.92 Å². The van der Waals surface area contributed by atoms with Crippen molar-refractivity contribution in [2.45, 2.75) is 64.8 Å². The molecule has 1 aromatic heterocycles. The van der Waals surface area contributed by atoms with E-state index in [2.05, 4.69) is 43.2 Å². The van der Waals surface area contributed by atoms with Crippen LogP contribution in [0.5, 0.6) is 0 Å². The van der Waals surface area contributed by atoms with Gasteiger partial charge in [-0.05, 0) is 39.2 Å². The molecular weight excluding hydrogens is 226 g/mol. The maximum Gasteiger partial charge on any atom is 0.246 e. The normalized spacial score (nSPS) is 25.3. The lowest BCUT2D eigenvalue weighted by Crippen LogP contribution is -2.36. The maximum atomic E-state index is 5.44. The van der Waals surface area contributed by atoms with Gasteiger partial charge in [0.1, 0.15) is 0 Å². The van der Waals surface area contributed by atoms with Gasteiger partial charge < -0.3 is 9.84 Å². The fraction of sp³-hybridized carbons (Fsp3) is 0.857. The molecule has 0 unspecified atom stereocenters. The highest BCUT2D eigenvalue weighted by Gasteiger charge is 2.29. The molecule has 102 valence electrons. The third-order valence-corrected chi connectivity index (χ3v) is 3.98. The van der Waals surface area contributed by atoms with Crippen LogP contribution in [0.15, 0.2) is 4.52 Å². The van der Waals surface area contributed by atoms with Crippen LogP contribution in [0.2, 0.25) is 0 Å². The first-order valence-corrected chi connectivity index (χ1v) is 7.12. The lowest BCUT2D eigenvalue weighted by Gasteiger charge is -2.23. The Bertz CT molecular complexity index is 378. The van der Waals surface area contributed by atoms with Gasteiger partial charge in [-0.25, -0.2) is 0 Å². The Morgan fingerprint density at radius 1 is 1.28 bits per heavy atom. The van der Waals surface area contributed by atoms with Crippen molar-refractivity contribution >= 4 is 0 Å². The molecule has 0 atom stereocenters. The molecule has 1 heterocycles. The van der Waals surface area contributed by atoms with Gasteiger partial charge in [0.25, 0.3) is 0 Å². The monoisotopic (exact) mass is 251 g/mol. The molecule has 4 nitrogen and oxygen atoms in total. The second kappa shape index (κ2) is 5.39. The van der Waals surface area contributed by atoms with Crippen molar-refractivity contribution in [3.05, 3.63) is 11.7 Å². The van der Waals surface area contributed by atoms with E-state index in [9.17, 15) is 0 Å². The minimum absolute atomic E-state index is 0.234. The van der Waals surface area contributed by atoms with Crippen LogP contribution >= 0.6 is 0 Å². The number of nitrogens with one attached hydrogen (secondary N) is 1. The molecule has 1 N–H and O–H groups in total. The molecule has 0 spiro atoms. The Morgan fingerprint density at radius 2 is 1.94 bits per heavy atom. The molecule has 0 aliphatic heterocycles. The van der Waals surface area contributed by atoms with Gasteiger partial charge in [-0.1, -0.05) is 31.8 Å². The molecule has 1 fully saturated rings. The van der Waals surface area contributed by atoms with Crippen LogP contribution in [-0.2, 0) is 5.54 Å². The van der Waals surface area contributed by atoms with E-state index in [-0.39, 0.29) is 5.54 Å². The van der Waals surface area contributed by atoms with Gasteiger partial charge in [0.2, 0.25) is 5.89 Å². The topological polar surface area (TPSA) is 51.0 Å². The fourth-order valence-electron chi connectivity index (χ4n) is 2.69. The van der Waals surface area contributed by atoms with Gasteiger partial charge in [0.05, 0.1) is 5.54 Å². The summed E-state index contributed by atoms with van der Waals surface area (Å²) in [6, 6.07) is 0. The van der Waals surface area contributed by atoms with E-state index < -0.39 is 0 Å². The molecule has 2 rings (SSSR count). The molecule has 1 aliphatic rings. The number of hydrogen-bond acceptors (Lipinski definition) is 4. The van der Waals surface area contributed by atoms with Crippen LogP contribution in [0.1, 0.15) is 71.0 Å². The second-order valence-electron chi connectivity index (χ2n) is 6.07. The summed E-state index contributed by atoms with van der Waals surface area (Å²) in [5.41, 5.74) is -0.234. The van der Waals surface area contributed by atoms with Crippen molar-refractivity contribution in [1.29, 1.82) is 0 Å². The number of rotatable bonds is 4. The van der Waals surface area contributed by atoms with Gasteiger partial charge in [0.15, 0.2) is 5.82 Å². The number of aromatic nitrogens is 2. The number of nitrogens with zero attached hydrogens (tertiary/aromatic N) is 2. The molecule has 4 heteroatoms. The molecule has 1 aliphatic carbocycles. The highest BCUT2D eigenvalue weighted by atomic mass is 16.5. The summed E-state index contributed by atoms with van der Waals surface area (Å²) in [5, 5.41) is 7.55. The highest BCUT2D eigenvalue weighted by molar-refractivity contribution is 5.03. The van der Waals surface area contributed by atoms with Crippen LogP contribution in [0, 0.1) is 5.92 Å². The first-order valence-electron chi connectivity index (χ1n) is 7.12. The van der Waals surface area contributed by atoms with Crippen LogP contribution in [0.3, 0.4) is 0 Å². The second-order valence-corrected chi connectivity index (χ2v) is 6.07. The zero-order valence-electron chi connectivity index (χ0n) is 12.0. The molecule has 1 aromatic rings. The standard InChI is InChI=1S/C14H25N3O/c1-5-15-14(3,4)13-16-12(17-18-13)11-8-6-10(2)7-9-11/h10-11,15H,5-9H2,1-4H3. The first-order chi connectivity index (χ1) is 8.53. The van der Waals surface area contributed by atoms with E-state index in [1.807, 2.05) is 0 Å². The van der Waals surface area contributed by atoms with Crippen LogP contribution in [0.4, 0.5) is 0 Å². The molecular formula is C14H25N3O. The quantitative estimate of drug-likeness (QED) is 0.892. The van der Waals surface area contributed by atoms with Crippen molar-refractivity contribution in [3.8, 4) is 0 Å². The molecule has 0 radical (unpaired) electrons. The first kappa shape index (κ1) is 13.5. The average molecular weight is 251 g/mol. The molecule has 18 heavy (non-hydrogen) atoms. The smallest absolute Gasteiger partial charge is 0.246 e. The maximum absolute atomic E-state index is 5.44. The molecule has 0 amide bonds. The summed E-state index contributed by atoms with van der Waals surface area (Å²) in [5.74, 6) is 2.96. The molecule has 1 saturated carbocycles. The van der Waals surface area contributed by atoms with E-state index >= 15 is 0 Å². The lowest BCUT2D eigenvalue weighted by molar-refractivity contribution is 0.268. The van der Waals surface area contributed by atoms with Gasteiger partial charge in [-0.3, -0.25) is 0 Å². The van der Waals surface area contributed by atoms with Crippen LogP contribution in [0.25, 0.3) is 0 Å². The fourth-order valence-corrected chi connectivity index (χ4v) is 2.69. The van der Waals surface area contributed by atoms with Crippen molar-refractivity contribution in [2.75, 3.05) is 6.54 Å². The van der Waals surface area contributed by atoms with Crippen molar-refractivity contribution in [1.82, 2.24) is 15.5 Å². The Morgan fingerprint density at radius 3 is 2.56 bits per heavy atom. The Kier molecular flexibility index (Phi) is 4.05. The van der Waals surface area contributed by atoms with Gasteiger partial charge in [-0.15, -0.1) is 0 Å². The minimum atomic E-state index is -0.234. The zero-order valence-corrected chi connectivity index (χ0v) is 12.0. The summed E-state index contributed by atoms with van der Waals surface area (Å²) in [6.07, 6.45) is 4.96. The predicted molar refractivity (Wildman–Crippen MR) is 71.4 cm³/mol. The Labute approximate surface area is 110 Å². The van der Waals surface area contributed by atoms with Crippen LogP contribution in [-0.4, -0.2) is 16.7 Å². The minimum Gasteiger partial charge on any atom is -0.337 e. The molecule has 0 saturated heterocycles. The van der Waals surface area contributed by atoms with Gasteiger partial charge >= 0.3 is 0 Å². The SMILES string of the molecule is CCNC(C)(C)c1nc(C2CCC(C)CC2)no1.